The maximum Gasteiger partial charge on any atom is 0.263 e. The topological polar surface area (TPSA) is 22.0 Å². The molecule has 2 nitrogen and oxygen atoms in total. The molecule has 0 unspecified atom stereocenters. The summed E-state index contributed by atoms with van der Waals surface area (Å²) < 4.78 is 1.85. The molecule has 0 bridgehead atoms. The highest BCUT2D eigenvalue weighted by molar-refractivity contribution is 6.23. The molecule has 0 amide bonds. The lowest BCUT2D eigenvalue weighted by Crippen LogP contribution is -2.19. The largest absolute Gasteiger partial charge is 0.276 e. The number of fused-ring (bicyclic) bond motifs is 8. The molecule has 0 atom stereocenters. The smallest absolute Gasteiger partial charge is 0.263 e. The molecular weight excluding hydrogens is 595 g/mol. The summed E-state index contributed by atoms with van der Waals surface area (Å²) in [6.45, 7) is 0. The van der Waals surface area contributed by atoms with Crippen molar-refractivity contribution in [2.45, 2.75) is 0 Å². The van der Waals surface area contributed by atoms with Crippen LogP contribution < -0.4 is 5.56 Å². The lowest BCUT2D eigenvalue weighted by Gasteiger charge is -2.17. The summed E-state index contributed by atoms with van der Waals surface area (Å²) in [5, 5.41) is 12.7. The van der Waals surface area contributed by atoms with E-state index in [4.69, 9.17) is 0 Å². The molecule has 0 fully saturated rings. The Morgan fingerprint density at radius 2 is 0.918 bits per heavy atom. The van der Waals surface area contributed by atoms with Gasteiger partial charge in [0.15, 0.2) is 0 Å². The molecule has 10 rings (SSSR count). The van der Waals surface area contributed by atoms with Gasteiger partial charge in [-0.1, -0.05) is 146 Å². The Kier molecular flexibility index (Phi) is 6.06. The van der Waals surface area contributed by atoms with Crippen molar-refractivity contribution in [2.75, 3.05) is 0 Å². The molecule has 9 aromatic carbocycles. The molecule has 0 spiro atoms. The first kappa shape index (κ1) is 27.6. The molecule has 228 valence electrons. The fourth-order valence-electron chi connectivity index (χ4n) is 7.97. The van der Waals surface area contributed by atoms with Gasteiger partial charge in [-0.15, -0.1) is 0 Å². The van der Waals surface area contributed by atoms with Crippen LogP contribution in [0.4, 0.5) is 0 Å². The zero-order chi connectivity index (χ0) is 32.5. The Bertz CT molecular complexity index is 3000. The van der Waals surface area contributed by atoms with Gasteiger partial charge in [0.2, 0.25) is 0 Å². The Labute approximate surface area is 282 Å². The van der Waals surface area contributed by atoms with Gasteiger partial charge in [-0.05, 0) is 101 Å². The highest BCUT2D eigenvalue weighted by atomic mass is 16.1. The Balaban J connectivity index is 1.17. The second kappa shape index (κ2) is 10.8. The second-order valence-corrected chi connectivity index (χ2v) is 12.8. The summed E-state index contributed by atoms with van der Waals surface area (Å²) in [6, 6.07) is 62.1. The Morgan fingerprint density at radius 3 is 1.76 bits per heavy atom. The summed E-state index contributed by atoms with van der Waals surface area (Å²) in [5.41, 5.74) is 6.56. The molecule has 0 N–H and O–H groups in total. The highest BCUT2D eigenvalue weighted by Crippen LogP contribution is 2.43. The maximum absolute atomic E-state index is 13.9. The summed E-state index contributed by atoms with van der Waals surface area (Å²) in [5.74, 6) is 0. The van der Waals surface area contributed by atoms with Crippen LogP contribution in [0.1, 0.15) is 0 Å². The average molecular weight is 624 g/mol. The molecule has 0 aliphatic carbocycles. The molecule has 10 aromatic rings. The van der Waals surface area contributed by atoms with E-state index in [0.29, 0.717) is 0 Å². The predicted octanol–water partition coefficient (Wildman–Crippen LogP) is 12.1. The van der Waals surface area contributed by atoms with Crippen LogP contribution in [0.25, 0.3) is 92.7 Å². The third-order valence-corrected chi connectivity index (χ3v) is 10.2. The van der Waals surface area contributed by atoms with Crippen LogP contribution in [0.5, 0.6) is 0 Å². The van der Waals surface area contributed by atoms with Crippen LogP contribution in [0, 0.1) is 0 Å². The SMILES string of the molecule is O=c1c2ccccc2c2ccccc2n1-c1ccc(-c2cccc3c2ccc2c(-c4cccc5ccccc45)c4ccccc4cc23)cc1. The number of hydrogen-bond donors (Lipinski definition) is 0. The van der Waals surface area contributed by atoms with Crippen molar-refractivity contribution >= 4 is 64.8 Å². The lowest BCUT2D eigenvalue weighted by molar-refractivity contribution is 1.06. The van der Waals surface area contributed by atoms with E-state index < -0.39 is 0 Å². The fourth-order valence-corrected chi connectivity index (χ4v) is 7.97. The molecule has 0 aliphatic rings. The van der Waals surface area contributed by atoms with Crippen LogP contribution in [0.2, 0.25) is 0 Å². The van der Waals surface area contributed by atoms with Crippen molar-refractivity contribution in [2.24, 2.45) is 0 Å². The van der Waals surface area contributed by atoms with Gasteiger partial charge < -0.3 is 0 Å². The van der Waals surface area contributed by atoms with Crippen LogP contribution >= 0.6 is 0 Å². The highest BCUT2D eigenvalue weighted by Gasteiger charge is 2.16. The normalized spacial score (nSPS) is 11.8. The van der Waals surface area contributed by atoms with E-state index in [0.717, 1.165) is 32.9 Å². The van der Waals surface area contributed by atoms with Crippen molar-refractivity contribution in [3.63, 3.8) is 0 Å². The zero-order valence-corrected chi connectivity index (χ0v) is 26.6. The third-order valence-electron chi connectivity index (χ3n) is 10.2. The summed E-state index contributed by atoms with van der Waals surface area (Å²) in [7, 11) is 0. The number of nitrogens with zero attached hydrogens (tertiary/aromatic N) is 1. The quantitative estimate of drug-likeness (QED) is 0.142. The van der Waals surface area contributed by atoms with E-state index in [1.165, 1.54) is 59.8 Å². The van der Waals surface area contributed by atoms with E-state index >= 15 is 0 Å². The standard InChI is InChI=1S/C47H29NO/c49-47-43-18-6-5-16-38(43)40-17-7-8-22-45(40)48(47)33-25-23-31(24-26-33)34-19-10-20-37-39(34)27-28-42-44(37)29-32-12-2-4-15-36(32)46(42)41-21-9-13-30-11-1-3-14-35(30)41/h1-29H. The van der Waals surface area contributed by atoms with Crippen LogP contribution in [0.3, 0.4) is 0 Å². The van der Waals surface area contributed by atoms with Gasteiger partial charge in [-0.25, -0.2) is 0 Å². The molecule has 1 heterocycles. The Morgan fingerprint density at radius 1 is 0.347 bits per heavy atom. The van der Waals surface area contributed by atoms with Gasteiger partial charge in [0, 0.05) is 16.5 Å². The summed E-state index contributed by atoms with van der Waals surface area (Å²) in [6.07, 6.45) is 0. The molecule has 0 saturated heterocycles. The van der Waals surface area contributed by atoms with E-state index in [1.807, 2.05) is 47.0 Å². The van der Waals surface area contributed by atoms with Crippen molar-refractivity contribution in [3.05, 3.63) is 186 Å². The van der Waals surface area contributed by atoms with E-state index in [2.05, 4.69) is 133 Å². The third kappa shape index (κ3) is 4.17. The maximum atomic E-state index is 13.9. The van der Waals surface area contributed by atoms with Gasteiger partial charge in [0.25, 0.3) is 5.56 Å². The lowest BCUT2D eigenvalue weighted by atomic mass is 9.87. The van der Waals surface area contributed by atoms with E-state index in [9.17, 15) is 4.79 Å². The van der Waals surface area contributed by atoms with Crippen molar-refractivity contribution in [1.82, 2.24) is 4.57 Å². The number of pyridine rings is 1. The number of hydrogen-bond acceptors (Lipinski definition) is 1. The average Bonchev–Trinajstić information content (AvgIpc) is 3.17. The van der Waals surface area contributed by atoms with Gasteiger partial charge in [0.1, 0.15) is 0 Å². The molecule has 2 heteroatoms. The van der Waals surface area contributed by atoms with Crippen LogP contribution in [-0.4, -0.2) is 4.57 Å². The first-order chi connectivity index (χ1) is 24.2. The number of aromatic nitrogens is 1. The Hall–Kier alpha value is -6.51. The first-order valence-corrected chi connectivity index (χ1v) is 16.7. The van der Waals surface area contributed by atoms with Gasteiger partial charge >= 0.3 is 0 Å². The first-order valence-electron chi connectivity index (χ1n) is 16.7. The molecule has 0 saturated carbocycles. The molecule has 49 heavy (non-hydrogen) atoms. The minimum absolute atomic E-state index is 0.00657. The molecular formula is C47H29NO. The number of benzene rings is 9. The summed E-state index contributed by atoms with van der Waals surface area (Å²) in [4.78, 5) is 13.9. The zero-order valence-electron chi connectivity index (χ0n) is 26.6. The molecule has 0 aliphatic heterocycles. The van der Waals surface area contributed by atoms with Crippen molar-refractivity contribution < 1.29 is 0 Å². The fraction of sp³-hybridized carbons (Fsp3) is 0. The predicted molar refractivity (Wildman–Crippen MR) is 208 cm³/mol. The van der Waals surface area contributed by atoms with Crippen LogP contribution in [0.15, 0.2) is 181 Å². The van der Waals surface area contributed by atoms with Crippen LogP contribution in [-0.2, 0) is 0 Å². The molecule has 0 radical (unpaired) electrons. The van der Waals surface area contributed by atoms with Gasteiger partial charge in [-0.3, -0.25) is 9.36 Å². The number of rotatable bonds is 3. The van der Waals surface area contributed by atoms with E-state index in [1.54, 1.807) is 0 Å². The molecule has 1 aromatic heterocycles. The monoisotopic (exact) mass is 623 g/mol. The summed E-state index contributed by atoms with van der Waals surface area (Å²) >= 11 is 0. The number of para-hydroxylation sites is 1. The van der Waals surface area contributed by atoms with Crippen molar-refractivity contribution in [1.29, 1.82) is 0 Å². The van der Waals surface area contributed by atoms with Crippen molar-refractivity contribution in [3.8, 4) is 27.9 Å². The van der Waals surface area contributed by atoms with Gasteiger partial charge in [0.05, 0.1) is 5.52 Å². The minimum Gasteiger partial charge on any atom is -0.276 e. The van der Waals surface area contributed by atoms with E-state index in [-0.39, 0.29) is 5.56 Å². The van der Waals surface area contributed by atoms with Gasteiger partial charge in [-0.2, -0.15) is 0 Å². The second-order valence-electron chi connectivity index (χ2n) is 12.8. The minimum atomic E-state index is -0.00657.